The van der Waals surface area contributed by atoms with Gasteiger partial charge in [-0.25, -0.2) is 4.98 Å². The first kappa shape index (κ1) is 18.9. The maximum absolute atomic E-state index is 12.0. The average Bonchev–Trinajstić information content (AvgIpc) is 3.04. The molecule has 2 rings (SSSR count). The molecule has 1 heterocycles. The van der Waals surface area contributed by atoms with Crippen molar-refractivity contribution in [2.75, 3.05) is 13.1 Å². The third kappa shape index (κ3) is 5.89. The van der Waals surface area contributed by atoms with Crippen LogP contribution in [0.5, 0.6) is 0 Å². The highest BCUT2D eigenvalue weighted by Gasteiger charge is 2.08. The van der Waals surface area contributed by atoms with Crippen molar-refractivity contribution >= 4 is 28.8 Å². The van der Waals surface area contributed by atoms with Gasteiger partial charge in [0.25, 0.3) is 0 Å². The minimum Gasteiger partial charge on any atom is -0.350 e. The molecule has 0 unspecified atom stereocenters. The molecular formula is C18H24ClN3OS. The Morgan fingerprint density at radius 1 is 1.29 bits per heavy atom. The second-order valence-corrected chi connectivity index (χ2v) is 6.91. The molecule has 0 saturated heterocycles. The molecule has 0 spiro atoms. The second-order valence-electron chi connectivity index (χ2n) is 5.56. The molecule has 6 heteroatoms. The Morgan fingerprint density at radius 3 is 2.75 bits per heavy atom. The van der Waals surface area contributed by atoms with Crippen LogP contribution in [0.4, 0.5) is 0 Å². The molecule has 2 aromatic rings. The minimum absolute atomic E-state index is 0.0235. The van der Waals surface area contributed by atoms with Crippen molar-refractivity contribution < 1.29 is 4.79 Å². The van der Waals surface area contributed by atoms with Crippen LogP contribution < -0.4 is 5.32 Å². The van der Waals surface area contributed by atoms with E-state index in [0.717, 1.165) is 35.9 Å². The van der Waals surface area contributed by atoms with E-state index in [1.807, 2.05) is 24.3 Å². The molecular weight excluding hydrogens is 342 g/mol. The summed E-state index contributed by atoms with van der Waals surface area (Å²) in [5, 5.41) is 6.67. The number of aryl methyl sites for hydroxylation is 1. The first-order valence-electron chi connectivity index (χ1n) is 8.28. The van der Waals surface area contributed by atoms with E-state index in [1.165, 1.54) is 0 Å². The Bertz CT molecular complexity index is 655. The molecule has 24 heavy (non-hydrogen) atoms. The van der Waals surface area contributed by atoms with Crippen molar-refractivity contribution in [2.24, 2.45) is 0 Å². The molecule has 1 aromatic heterocycles. The summed E-state index contributed by atoms with van der Waals surface area (Å²) >= 11 is 7.70. The molecule has 0 aliphatic rings. The number of halogens is 1. The van der Waals surface area contributed by atoms with Gasteiger partial charge in [-0.1, -0.05) is 43.6 Å². The average molecular weight is 366 g/mol. The van der Waals surface area contributed by atoms with Crippen molar-refractivity contribution in [1.29, 1.82) is 0 Å². The van der Waals surface area contributed by atoms with Gasteiger partial charge in [-0.2, -0.15) is 0 Å². The summed E-state index contributed by atoms with van der Waals surface area (Å²) in [6.45, 7) is 7.69. The zero-order valence-electron chi connectivity index (χ0n) is 14.2. The SMILES string of the molecule is CCN(CC)Cc1csc(CNC(=O)CCc2ccccc2Cl)n1. The van der Waals surface area contributed by atoms with E-state index in [0.29, 0.717) is 24.4 Å². The van der Waals surface area contributed by atoms with E-state index in [4.69, 9.17) is 11.6 Å². The summed E-state index contributed by atoms with van der Waals surface area (Å²) in [6, 6.07) is 7.63. The number of carbonyl (C=O) groups excluding carboxylic acids is 1. The van der Waals surface area contributed by atoms with Crippen LogP contribution in [0, 0.1) is 0 Å². The molecule has 0 bridgehead atoms. The molecule has 4 nitrogen and oxygen atoms in total. The predicted octanol–water partition coefficient (Wildman–Crippen LogP) is 3.89. The Hall–Kier alpha value is -1.43. The zero-order chi connectivity index (χ0) is 17.4. The second kappa shape index (κ2) is 9.77. The number of carbonyl (C=O) groups is 1. The van der Waals surface area contributed by atoms with Gasteiger partial charge in [0.1, 0.15) is 5.01 Å². The van der Waals surface area contributed by atoms with E-state index in [2.05, 4.69) is 34.4 Å². The highest BCUT2D eigenvalue weighted by atomic mass is 35.5. The van der Waals surface area contributed by atoms with Gasteiger partial charge in [-0.3, -0.25) is 9.69 Å². The van der Waals surface area contributed by atoms with Gasteiger partial charge in [0.15, 0.2) is 0 Å². The van der Waals surface area contributed by atoms with Crippen LogP contribution in [-0.4, -0.2) is 28.9 Å². The van der Waals surface area contributed by atoms with Crippen molar-refractivity contribution in [3.63, 3.8) is 0 Å². The van der Waals surface area contributed by atoms with Crippen molar-refractivity contribution in [3.05, 3.63) is 50.9 Å². The molecule has 0 fully saturated rings. The molecule has 1 N–H and O–H groups in total. The van der Waals surface area contributed by atoms with Crippen LogP contribution in [-0.2, 0) is 24.3 Å². The fourth-order valence-electron chi connectivity index (χ4n) is 2.39. The lowest BCUT2D eigenvalue weighted by molar-refractivity contribution is -0.121. The summed E-state index contributed by atoms with van der Waals surface area (Å²) < 4.78 is 0. The number of benzene rings is 1. The summed E-state index contributed by atoms with van der Waals surface area (Å²) in [5.41, 5.74) is 2.08. The van der Waals surface area contributed by atoms with Crippen LogP contribution in [0.25, 0.3) is 0 Å². The first-order valence-corrected chi connectivity index (χ1v) is 9.53. The third-order valence-electron chi connectivity index (χ3n) is 3.90. The fraction of sp³-hybridized carbons (Fsp3) is 0.444. The number of hydrogen-bond acceptors (Lipinski definition) is 4. The number of amides is 1. The van der Waals surface area contributed by atoms with E-state index in [9.17, 15) is 4.79 Å². The molecule has 0 aliphatic carbocycles. The van der Waals surface area contributed by atoms with Gasteiger partial charge in [0.05, 0.1) is 12.2 Å². The number of nitrogens with zero attached hydrogens (tertiary/aromatic N) is 2. The zero-order valence-corrected chi connectivity index (χ0v) is 15.8. The Kier molecular flexibility index (Phi) is 7.69. The Balaban J connectivity index is 1.76. The quantitative estimate of drug-likeness (QED) is 0.733. The van der Waals surface area contributed by atoms with Crippen molar-refractivity contribution in [3.8, 4) is 0 Å². The Labute approximate surface area is 152 Å². The molecule has 0 radical (unpaired) electrons. The fourth-order valence-corrected chi connectivity index (χ4v) is 3.35. The van der Waals surface area contributed by atoms with E-state index in [1.54, 1.807) is 11.3 Å². The number of nitrogens with one attached hydrogen (secondary N) is 1. The van der Waals surface area contributed by atoms with Gasteiger partial charge in [-0.15, -0.1) is 11.3 Å². The number of thiazole rings is 1. The maximum atomic E-state index is 12.0. The maximum Gasteiger partial charge on any atom is 0.220 e. The third-order valence-corrected chi connectivity index (χ3v) is 5.16. The largest absolute Gasteiger partial charge is 0.350 e. The summed E-state index contributed by atoms with van der Waals surface area (Å²) in [5.74, 6) is 0.0235. The van der Waals surface area contributed by atoms with Gasteiger partial charge < -0.3 is 5.32 Å². The molecule has 0 saturated carbocycles. The molecule has 1 amide bonds. The molecule has 0 aliphatic heterocycles. The highest BCUT2D eigenvalue weighted by Crippen LogP contribution is 2.16. The molecule has 0 atom stereocenters. The molecule has 130 valence electrons. The smallest absolute Gasteiger partial charge is 0.220 e. The minimum atomic E-state index is 0.0235. The van der Waals surface area contributed by atoms with Crippen LogP contribution in [0.3, 0.4) is 0 Å². The lowest BCUT2D eigenvalue weighted by Gasteiger charge is -2.15. The van der Waals surface area contributed by atoms with E-state index >= 15 is 0 Å². The Morgan fingerprint density at radius 2 is 2.04 bits per heavy atom. The van der Waals surface area contributed by atoms with E-state index in [-0.39, 0.29) is 5.91 Å². The van der Waals surface area contributed by atoms with Crippen molar-refractivity contribution in [1.82, 2.24) is 15.2 Å². The monoisotopic (exact) mass is 365 g/mol. The lowest BCUT2D eigenvalue weighted by Crippen LogP contribution is -2.23. The molecule has 1 aromatic carbocycles. The van der Waals surface area contributed by atoms with Crippen molar-refractivity contribution in [2.45, 2.75) is 39.8 Å². The topological polar surface area (TPSA) is 45.2 Å². The highest BCUT2D eigenvalue weighted by molar-refractivity contribution is 7.09. The number of aromatic nitrogens is 1. The van der Waals surface area contributed by atoms with E-state index < -0.39 is 0 Å². The number of hydrogen-bond donors (Lipinski definition) is 1. The van der Waals surface area contributed by atoms with Gasteiger partial charge in [0.2, 0.25) is 5.91 Å². The standard InChI is InChI=1S/C18H24ClN3OS/c1-3-22(4-2)12-15-13-24-18(21-15)11-20-17(23)10-9-14-7-5-6-8-16(14)19/h5-8,13H,3-4,9-12H2,1-2H3,(H,20,23). The summed E-state index contributed by atoms with van der Waals surface area (Å²) in [7, 11) is 0. The van der Waals surface area contributed by atoms with Crippen LogP contribution in [0.2, 0.25) is 5.02 Å². The van der Waals surface area contributed by atoms with Crippen LogP contribution >= 0.6 is 22.9 Å². The van der Waals surface area contributed by atoms with Crippen LogP contribution in [0.15, 0.2) is 29.6 Å². The lowest BCUT2D eigenvalue weighted by atomic mass is 10.1. The van der Waals surface area contributed by atoms with Gasteiger partial charge >= 0.3 is 0 Å². The van der Waals surface area contributed by atoms with Gasteiger partial charge in [-0.05, 0) is 31.1 Å². The van der Waals surface area contributed by atoms with Gasteiger partial charge in [0, 0.05) is 23.4 Å². The predicted molar refractivity (Wildman–Crippen MR) is 100 cm³/mol. The summed E-state index contributed by atoms with van der Waals surface area (Å²) in [4.78, 5) is 18.9. The normalized spacial score (nSPS) is 11.0. The number of rotatable bonds is 9. The first-order chi connectivity index (χ1) is 11.6. The summed E-state index contributed by atoms with van der Waals surface area (Å²) in [6.07, 6.45) is 1.08. The van der Waals surface area contributed by atoms with Crippen LogP contribution in [0.1, 0.15) is 36.5 Å².